The van der Waals surface area contributed by atoms with E-state index in [1.807, 2.05) is 0 Å². The van der Waals surface area contributed by atoms with Crippen LogP contribution in [-0.2, 0) is 9.53 Å². The number of hydrogen-bond acceptors (Lipinski definition) is 3. The number of amides is 1. The molecule has 0 saturated carbocycles. The van der Waals surface area contributed by atoms with Crippen LogP contribution in [0.4, 0.5) is 0 Å². The minimum atomic E-state index is 0.169. The number of allylic oxidation sites excluding steroid dienone is 2. The van der Waals surface area contributed by atoms with Crippen LogP contribution in [0.1, 0.15) is 59.3 Å². The van der Waals surface area contributed by atoms with Gasteiger partial charge in [0.1, 0.15) is 0 Å². The number of piperidine rings is 1. The van der Waals surface area contributed by atoms with Crippen LogP contribution in [0, 0.1) is 11.8 Å². The van der Waals surface area contributed by atoms with Gasteiger partial charge in [-0.25, -0.2) is 0 Å². The molecule has 4 nitrogen and oxygen atoms in total. The van der Waals surface area contributed by atoms with Gasteiger partial charge < -0.3 is 15.0 Å². The number of methoxy groups -OCH3 is 1. The molecule has 24 heavy (non-hydrogen) atoms. The lowest BCUT2D eigenvalue weighted by Gasteiger charge is -2.33. The maximum absolute atomic E-state index is 11.7. The second kappa shape index (κ2) is 12.5. The van der Waals surface area contributed by atoms with E-state index in [2.05, 4.69) is 37.1 Å². The summed E-state index contributed by atoms with van der Waals surface area (Å²) >= 11 is 0. The quantitative estimate of drug-likeness (QED) is 0.462. The van der Waals surface area contributed by atoms with Crippen molar-refractivity contribution in [3.8, 4) is 0 Å². The lowest BCUT2D eigenvalue weighted by atomic mass is 9.91. The molecule has 1 atom stereocenters. The van der Waals surface area contributed by atoms with Crippen molar-refractivity contribution in [2.45, 2.75) is 59.3 Å². The highest BCUT2D eigenvalue weighted by Crippen LogP contribution is 2.23. The number of nitrogens with zero attached hydrogens (tertiary/aromatic N) is 1. The van der Waals surface area contributed by atoms with Crippen molar-refractivity contribution in [3.63, 3.8) is 0 Å². The minimum absolute atomic E-state index is 0.169. The fourth-order valence-electron chi connectivity index (χ4n) is 3.36. The van der Waals surface area contributed by atoms with Crippen LogP contribution in [0.25, 0.3) is 0 Å². The van der Waals surface area contributed by atoms with E-state index in [0.29, 0.717) is 19.6 Å². The molecule has 1 saturated heterocycles. The summed E-state index contributed by atoms with van der Waals surface area (Å²) in [6.07, 6.45) is 9.01. The second-order valence-corrected chi connectivity index (χ2v) is 7.59. The summed E-state index contributed by atoms with van der Waals surface area (Å²) in [4.78, 5) is 14.4. The average Bonchev–Trinajstić information content (AvgIpc) is 2.54. The molecule has 1 aliphatic rings. The van der Waals surface area contributed by atoms with Crippen LogP contribution in [0.5, 0.6) is 0 Å². The fraction of sp³-hybridized carbons (Fsp3) is 0.850. The van der Waals surface area contributed by atoms with Crippen LogP contribution in [-0.4, -0.2) is 50.7 Å². The third-order valence-corrected chi connectivity index (χ3v) is 4.90. The molecular weight excluding hydrogens is 300 g/mol. The molecule has 1 heterocycles. The normalized spacial score (nSPS) is 17.5. The Balaban J connectivity index is 2.11. The lowest BCUT2D eigenvalue weighted by molar-refractivity contribution is -0.121. The van der Waals surface area contributed by atoms with Crippen molar-refractivity contribution in [1.82, 2.24) is 10.2 Å². The zero-order valence-electron chi connectivity index (χ0n) is 16.3. The van der Waals surface area contributed by atoms with E-state index < -0.39 is 0 Å². The predicted molar refractivity (Wildman–Crippen MR) is 101 cm³/mol. The van der Waals surface area contributed by atoms with Gasteiger partial charge in [0, 0.05) is 26.6 Å². The zero-order chi connectivity index (χ0) is 17.8. The Morgan fingerprint density at radius 2 is 2.04 bits per heavy atom. The van der Waals surface area contributed by atoms with E-state index in [0.717, 1.165) is 18.3 Å². The number of rotatable bonds is 11. The monoisotopic (exact) mass is 338 g/mol. The highest BCUT2D eigenvalue weighted by Gasteiger charge is 2.20. The summed E-state index contributed by atoms with van der Waals surface area (Å²) in [5.74, 6) is 1.65. The largest absolute Gasteiger partial charge is 0.383 e. The molecule has 0 spiro atoms. The molecule has 1 aliphatic heterocycles. The first-order valence-electron chi connectivity index (χ1n) is 9.62. The van der Waals surface area contributed by atoms with Crippen LogP contribution in [0.2, 0.25) is 0 Å². The lowest BCUT2D eigenvalue weighted by Crippen LogP contribution is -2.37. The third kappa shape index (κ3) is 10.1. The first-order valence-corrected chi connectivity index (χ1v) is 9.62. The molecule has 0 bridgehead atoms. The summed E-state index contributed by atoms with van der Waals surface area (Å²) in [6, 6.07) is 0. The Labute approximate surface area is 149 Å². The highest BCUT2D eigenvalue weighted by molar-refractivity contribution is 5.75. The maximum atomic E-state index is 11.7. The molecule has 0 aromatic heterocycles. The molecule has 1 rings (SSSR count). The van der Waals surface area contributed by atoms with Gasteiger partial charge in [0.25, 0.3) is 0 Å². The third-order valence-electron chi connectivity index (χ3n) is 4.90. The van der Waals surface area contributed by atoms with Gasteiger partial charge in [0.15, 0.2) is 0 Å². The predicted octanol–water partition coefficient (Wildman–Crippen LogP) is 3.62. The topological polar surface area (TPSA) is 41.6 Å². The summed E-state index contributed by atoms with van der Waals surface area (Å²) in [6.45, 7) is 11.6. The Bertz CT molecular complexity index is 370. The highest BCUT2D eigenvalue weighted by atomic mass is 16.5. The maximum Gasteiger partial charge on any atom is 0.220 e. The number of likely N-dealkylation sites (tertiary alicyclic amines) is 1. The van der Waals surface area contributed by atoms with Crippen molar-refractivity contribution in [2.24, 2.45) is 11.8 Å². The smallest absolute Gasteiger partial charge is 0.220 e. The van der Waals surface area contributed by atoms with E-state index in [1.165, 1.54) is 50.9 Å². The van der Waals surface area contributed by atoms with Crippen molar-refractivity contribution < 1.29 is 9.53 Å². The van der Waals surface area contributed by atoms with Gasteiger partial charge in [-0.3, -0.25) is 4.79 Å². The first kappa shape index (κ1) is 21.2. The van der Waals surface area contributed by atoms with Crippen molar-refractivity contribution in [2.75, 3.05) is 39.9 Å². The Kier molecular flexibility index (Phi) is 11.0. The van der Waals surface area contributed by atoms with Crippen molar-refractivity contribution in [1.29, 1.82) is 0 Å². The van der Waals surface area contributed by atoms with Gasteiger partial charge in [0.2, 0.25) is 5.91 Å². The Morgan fingerprint density at radius 1 is 1.33 bits per heavy atom. The summed E-state index contributed by atoms with van der Waals surface area (Å²) < 4.78 is 4.94. The van der Waals surface area contributed by atoms with E-state index in [-0.39, 0.29) is 5.91 Å². The molecule has 4 heteroatoms. The Hall–Kier alpha value is -0.870. The van der Waals surface area contributed by atoms with Crippen LogP contribution in [0.3, 0.4) is 0 Å². The van der Waals surface area contributed by atoms with E-state index >= 15 is 0 Å². The number of hydrogen-bond donors (Lipinski definition) is 1. The van der Waals surface area contributed by atoms with Crippen LogP contribution < -0.4 is 5.32 Å². The molecule has 1 N–H and O–H groups in total. The first-order chi connectivity index (χ1) is 11.5. The standard InChI is InChI=1S/C20H38N2O2/c1-17(2)6-5-7-18(3)16-22-13-10-19(11-14-22)8-9-20(23)21-12-15-24-4/h6,18-19H,5,7-16H2,1-4H3,(H,21,23)/t18-/m0/s1. The fourth-order valence-corrected chi connectivity index (χ4v) is 3.36. The summed E-state index contributed by atoms with van der Waals surface area (Å²) in [5, 5.41) is 2.91. The molecule has 0 aliphatic carbocycles. The van der Waals surface area contributed by atoms with E-state index in [1.54, 1.807) is 7.11 Å². The number of nitrogens with one attached hydrogen (secondary N) is 1. The van der Waals surface area contributed by atoms with Crippen molar-refractivity contribution in [3.05, 3.63) is 11.6 Å². The van der Waals surface area contributed by atoms with Gasteiger partial charge >= 0.3 is 0 Å². The van der Waals surface area contributed by atoms with E-state index in [9.17, 15) is 4.79 Å². The number of carbonyl (C=O) groups excluding carboxylic acids is 1. The molecule has 0 aromatic rings. The van der Waals surface area contributed by atoms with E-state index in [4.69, 9.17) is 4.74 Å². The van der Waals surface area contributed by atoms with Gasteiger partial charge in [-0.2, -0.15) is 0 Å². The second-order valence-electron chi connectivity index (χ2n) is 7.59. The minimum Gasteiger partial charge on any atom is -0.383 e. The summed E-state index contributed by atoms with van der Waals surface area (Å²) in [7, 11) is 1.66. The average molecular weight is 339 g/mol. The number of carbonyl (C=O) groups is 1. The molecule has 0 aromatic carbocycles. The SMILES string of the molecule is COCCNC(=O)CCC1CCN(C[C@@H](C)CCC=C(C)C)CC1. The zero-order valence-corrected chi connectivity index (χ0v) is 16.3. The van der Waals surface area contributed by atoms with Crippen LogP contribution >= 0.6 is 0 Å². The van der Waals surface area contributed by atoms with Gasteiger partial charge in [0.05, 0.1) is 6.61 Å². The molecular formula is C20H38N2O2. The summed E-state index contributed by atoms with van der Waals surface area (Å²) in [5.41, 5.74) is 1.43. The van der Waals surface area contributed by atoms with Crippen molar-refractivity contribution >= 4 is 5.91 Å². The molecule has 140 valence electrons. The Morgan fingerprint density at radius 3 is 2.67 bits per heavy atom. The molecule has 1 fully saturated rings. The van der Waals surface area contributed by atoms with Gasteiger partial charge in [-0.05, 0) is 70.9 Å². The molecule has 0 radical (unpaired) electrons. The van der Waals surface area contributed by atoms with Crippen LogP contribution in [0.15, 0.2) is 11.6 Å². The van der Waals surface area contributed by atoms with Gasteiger partial charge in [-0.15, -0.1) is 0 Å². The molecule has 1 amide bonds. The number of ether oxygens (including phenoxy) is 1. The van der Waals surface area contributed by atoms with Gasteiger partial charge in [-0.1, -0.05) is 18.6 Å². The molecule has 0 unspecified atom stereocenters.